The number of nitrogens with one attached hydrogen (secondary N) is 1. The molecule has 1 saturated heterocycles. The quantitative estimate of drug-likeness (QED) is 0.508. The Balaban J connectivity index is 0.000000184. The predicted molar refractivity (Wildman–Crippen MR) is 62.1 cm³/mol. The molecule has 0 aromatic rings. The molecule has 1 heterocycles. The van der Waals surface area contributed by atoms with E-state index in [0.29, 0.717) is 0 Å². The lowest BCUT2D eigenvalue weighted by Crippen LogP contribution is -2.29. The lowest BCUT2D eigenvalue weighted by Gasteiger charge is -1.99. The van der Waals surface area contributed by atoms with Crippen molar-refractivity contribution in [2.24, 2.45) is 0 Å². The molecule has 0 aromatic carbocycles. The fourth-order valence-electron chi connectivity index (χ4n) is 1.85. The molecular weight excluding hydrogens is 238 g/mol. The number of carbonyl (C=O) groups is 4. The fraction of sp³-hybridized carbons (Fsp3) is 0.667. The average Bonchev–Trinajstić information content (AvgIpc) is 2.76. The second-order valence-electron chi connectivity index (χ2n) is 4.46. The predicted octanol–water partition coefficient (Wildman–Crippen LogP) is 0.0907. The molecule has 6 heteroatoms. The molecule has 2 rings (SSSR count). The van der Waals surface area contributed by atoms with E-state index in [2.05, 4.69) is 5.32 Å². The lowest BCUT2D eigenvalue weighted by molar-refractivity contribution is -0.139. The van der Waals surface area contributed by atoms with E-state index in [0.717, 1.165) is 19.4 Å². The molecule has 2 N–H and O–H groups in total. The van der Waals surface area contributed by atoms with Gasteiger partial charge in [-0.3, -0.25) is 19.2 Å². The first-order valence-corrected chi connectivity index (χ1v) is 6.00. The Bertz CT molecular complexity index is 337. The summed E-state index contributed by atoms with van der Waals surface area (Å²) >= 11 is 0. The van der Waals surface area contributed by atoms with Gasteiger partial charge in [0.2, 0.25) is 0 Å². The fourth-order valence-corrected chi connectivity index (χ4v) is 1.85. The number of hydrogen-bond donors (Lipinski definition) is 2. The minimum atomic E-state index is -0.720. The summed E-state index contributed by atoms with van der Waals surface area (Å²) in [5.74, 6) is -1.15. The highest BCUT2D eigenvalue weighted by Crippen LogP contribution is 2.07. The Labute approximate surface area is 105 Å². The number of rotatable bonds is 1. The van der Waals surface area contributed by atoms with Crippen molar-refractivity contribution in [1.82, 2.24) is 5.32 Å². The van der Waals surface area contributed by atoms with Crippen molar-refractivity contribution in [3.63, 3.8) is 0 Å². The Morgan fingerprint density at radius 2 is 1.61 bits per heavy atom. The number of carbonyl (C=O) groups excluding carboxylic acids is 3. The van der Waals surface area contributed by atoms with Gasteiger partial charge in [0, 0.05) is 12.8 Å². The van der Waals surface area contributed by atoms with Gasteiger partial charge in [0.05, 0.1) is 12.8 Å². The molecule has 0 bridgehead atoms. The van der Waals surface area contributed by atoms with Crippen LogP contribution in [0.4, 0.5) is 0 Å². The Kier molecular flexibility index (Phi) is 5.64. The summed E-state index contributed by atoms with van der Waals surface area (Å²) in [7, 11) is 0. The molecule has 2 aliphatic rings. The molecule has 6 nitrogen and oxygen atoms in total. The molecule has 0 spiro atoms. The van der Waals surface area contributed by atoms with Crippen LogP contribution in [0.15, 0.2) is 0 Å². The minimum Gasteiger partial charge on any atom is -0.480 e. The summed E-state index contributed by atoms with van der Waals surface area (Å²) in [5, 5.41) is 11.2. The van der Waals surface area contributed by atoms with Gasteiger partial charge in [-0.1, -0.05) is 0 Å². The maximum absolute atomic E-state index is 10.7. The molecule has 0 unspecified atom stereocenters. The highest BCUT2D eigenvalue weighted by atomic mass is 16.4. The van der Waals surface area contributed by atoms with Gasteiger partial charge in [0.15, 0.2) is 0 Å². The van der Waals surface area contributed by atoms with Gasteiger partial charge in [-0.05, 0) is 19.4 Å². The summed E-state index contributed by atoms with van der Waals surface area (Å²) in [5.41, 5.74) is 0. The van der Waals surface area contributed by atoms with Crippen LogP contribution in [-0.4, -0.2) is 41.0 Å². The Morgan fingerprint density at radius 3 is 1.94 bits per heavy atom. The molecule has 0 amide bonds. The molecule has 2 fully saturated rings. The molecule has 1 aliphatic heterocycles. The maximum Gasteiger partial charge on any atom is 0.320 e. The largest absolute Gasteiger partial charge is 0.480 e. The van der Waals surface area contributed by atoms with Crippen molar-refractivity contribution in [2.45, 2.75) is 44.6 Å². The van der Waals surface area contributed by atoms with Gasteiger partial charge in [-0.25, -0.2) is 0 Å². The van der Waals surface area contributed by atoms with E-state index in [1.54, 1.807) is 0 Å². The Morgan fingerprint density at radius 1 is 1.06 bits per heavy atom. The normalized spacial score (nSPS) is 24.2. The smallest absolute Gasteiger partial charge is 0.320 e. The second kappa shape index (κ2) is 7.00. The number of Topliss-reactive ketones (excluding diaryl/α,β-unsaturated/α-hetero) is 3. The molecule has 0 radical (unpaired) electrons. The summed E-state index contributed by atoms with van der Waals surface area (Å²) < 4.78 is 0. The maximum atomic E-state index is 10.7. The zero-order valence-corrected chi connectivity index (χ0v) is 10.1. The lowest BCUT2D eigenvalue weighted by atomic mass is 10.2. The van der Waals surface area contributed by atoms with Crippen LogP contribution in [0.3, 0.4) is 0 Å². The number of ketones is 3. The van der Waals surface area contributed by atoms with E-state index < -0.39 is 5.97 Å². The zero-order chi connectivity index (χ0) is 13.5. The van der Waals surface area contributed by atoms with Crippen molar-refractivity contribution >= 4 is 23.3 Å². The molecule has 1 atom stereocenters. The van der Waals surface area contributed by atoms with Crippen LogP contribution in [0.2, 0.25) is 0 Å². The SMILES string of the molecule is O=C(O)[C@@H]1CCCN1.O=C1CCC(=O)CC(=O)C1. The van der Waals surface area contributed by atoms with Crippen molar-refractivity contribution in [2.75, 3.05) is 6.54 Å². The number of carboxylic acids is 1. The topological polar surface area (TPSA) is 101 Å². The van der Waals surface area contributed by atoms with Crippen LogP contribution < -0.4 is 5.32 Å². The summed E-state index contributed by atoms with van der Waals surface area (Å²) in [6.45, 7) is 0.858. The van der Waals surface area contributed by atoms with E-state index in [-0.39, 0.29) is 49.1 Å². The third kappa shape index (κ3) is 5.18. The van der Waals surface area contributed by atoms with Crippen molar-refractivity contribution in [1.29, 1.82) is 0 Å². The molecular formula is C12H17NO5. The molecule has 1 aliphatic carbocycles. The highest BCUT2D eigenvalue weighted by molar-refractivity contribution is 6.10. The van der Waals surface area contributed by atoms with Crippen LogP contribution in [0.25, 0.3) is 0 Å². The van der Waals surface area contributed by atoms with Crippen LogP contribution in [0.5, 0.6) is 0 Å². The summed E-state index contributed by atoms with van der Waals surface area (Å²) in [6, 6.07) is -0.269. The van der Waals surface area contributed by atoms with Gasteiger partial charge in [0.1, 0.15) is 23.4 Å². The van der Waals surface area contributed by atoms with E-state index in [1.807, 2.05) is 0 Å². The van der Waals surface area contributed by atoms with Crippen molar-refractivity contribution < 1.29 is 24.3 Å². The first kappa shape index (κ1) is 14.5. The second-order valence-corrected chi connectivity index (χ2v) is 4.46. The third-order valence-electron chi connectivity index (χ3n) is 2.83. The number of hydrogen-bond acceptors (Lipinski definition) is 5. The average molecular weight is 255 g/mol. The monoisotopic (exact) mass is 255 g/mol. The Hall–Kier alpha value is -1.56. The van der Waals surface area contributed by atoms with Gasteiger partial charge in [0.25, 0.3) is 0 Å². The number of aliphatic carboxylic acids is 1. The first-order chi connectivity index (χ1) is 8.49. The van der Waals surface area contributed by atoms with Gasteiger partial charge >= 0.3 is 5.97 Å². The van der Waals surface area contributed by atoms with Crippen LogP contribution >= 0.6 is 0 Å². The molecule has 100 valence electrons. The number of carboxylic acid groups (broad SMARTS) is 1. The van der Waals surface area contributed by atoms with Crippen LogP contribution in [-0.2, 0) is 19.2 Å². The van der Waals surface area contributed by atoms with E-state index >= 15 is 0 Å². The third-order valence-corrected chi connectivity index (χ3v) is 2.83. The summed E-state index contributed by atoms with van der Waals surface area (Å²) in [6.07, 6.45) is 2.22. The minimum absolute atomic E-state index is 0.0360. The highest BCUT2D eigenvalue weighted by Gasteiger charge is 2.20. The van der Waals surface area contributed by atoms with Crippen molar-refractivity contribution in [3.05, 3.63) is 0 Å². The van der Waals surface area contributed by atoms with E-state index in [9.17, 15) is 19.2 Å². The van der Waals surface area contributed by atoms with Crippen LogP contribution in [0, 0.1) is 0 Å². The van der Waals surface area contributed by atoms with Crippen molar-refractivity contribution in [3.8, 4) is 0 Å². The van der Waals surface area contributed by atoms with E-state index in [4.69, 9.17) is 5.11 Å². The van der Waals surface area contributed by atoms with Gasteiger partial charge in [-0.2, -0.15) is 0 Å². The van der Waals surface area contributed by atoms with Crippen LogP contribution in [0.1, 0.15) is 38.5 Å². The molecule has 0 aromatic heterocycles. The molecule has 18 heavy (non-hydrogen) atoms. The first-order valence-electron chi connectivity index (χ1n) is 6.00. The zero-order valence-electron chi connectivity index (χ0n) is 10.1. The summed E-state index contributed by atoms with van der Waals surface area (Å²) in [4.78, 5) is 42.1. The van der Waals surface area contributed by atoms with Gasteiger partial charge < -0.3 is 10.4 Å². The van der Waals surface area contributed by atoms with E-state index in [1.165, 1.54) is 0 Å². The standard InChI is InChI=1S/C7H8O3.C5H9NO2/c8-5-1-2-6(9)4-7(10)3-5;7-5(8)4-2-1-3-6-4/h1-4H2;4,6H,1-3H2,(H,7,8)/t;4-/m.0/s1. The molecule has 1 saturated carbocycles. The van der Waals surface area contributed by atoms with Gasteiger partial charge in [-0.15, -0.1) is 0 Å².